The van der Waals surface area contributed by atoms with Gasteiger partial charge in [0.2, 0.25) is 0 Å². The van der Waals surface area contributed by atoms with Gasteiger partial charge in [-0.25, -0.2) is 13.9 Å². The fraction of sp³-hybridized carbons (Fsp3) is 0.321. The van der Waals surface area contributed by atoms with E-state index in [2.05, 4.69) is 10.1 Å². The van der Waals surface area contributed by atoms with Gasteiger partial charge >= 0.3 is 6.18 Å². The molecule has 0 radical (unpaired) electrons. The van der Waals surface area contributed by atoms with E-state index in [0.717, 1.165) is 17.8 Å². The molecule has 0 bridgehead atoms. The van der Waals surface area contributed by atoms with E-state index >= 15 is 0 Å². The van der Waals surface area contributed by atoms with Crippen molar-refractivity contribution in [3.05, 3.63) is 83.4 Å². The van der Waals surface area contributed by atoms with Crippen molar-refractivity contribution in [3.63, 3.8) is 0 Å². The summed E-state index contributed by atoms with van der Waals surface area (Å²) in [5.74, 6) is -0.628. The lowest BCUT2D eigenvalue weighted by Crippen LogP contribution is -2.49. The summed E-state index contributed by atoms with van der Waals surface area (Å²) >= 11 is 0. The van der Waals surface area contributed by atoms with Crippen molar-refractivity contribution in [2.24, 2.45) is 0 Å². The van der Waals surface area contributed by atoms with Crippen molar-refractivity contribution in [2.75, 3.05) is 31.1 Å². The fourth-order valence-corrected chi connectivity index (χ4v) is 4.47. The van der Waals surface area contributed by atoms with Crippen molar-refractivity contribution in [3.8, 4) is 11.3 Å². The van der Waals surface area contributed by atoms with Crippen molar-refractivity contribution in [1.82, 2.24) is 19.5 Å². The zero-order valence-corrected chi connectivity index (χ0v) is 21.3. The van der Waals surface area contributed by atoms with Crippen LogP contribution in [0.15, 0.2) is 60.7 Å². The summed E-state index contributed by atoms with van der Waals surface area (Å²) in [5.41, 5.74) is 2.26. The van der Waals surface area contributed by atoms with Gasteiger partial charge in [-0.2, -0.15) is 18.3 Å². The molecule has 1 fully saturated rings. The molecule has 0 atom stereocenters. The average Bonchev–Trinajstić information content (AvgIpc) is 3.33. The smallest absolute Gasteiger partial charge is 0.368 e. The Morgan fingerprint density at radius 1 is 0.895 bits per heavy atom. The van der Waals surface area contributed by atoms with E-state index in [1.54, 1.807) is 29.2 Å². The molecule has 198 valence electrons. The Kier molecular flexibility index (Phi) is 6.36. The van der Waals surface area contributed by atoms with Crippen molar-refractivity contribution >= 4 is 17.2 Å². The average molecular weight is 526 g/mol. The number of fused-ring (bicyclic) bond motifs is 1. The number of amides is 1. The summed E-state index contributed by atoms with van der Waals surface area (Å²) in [4.78, 5) is 21.9. The van der Waals surface area contributed by atoms with Gasteiger partial charge in [0.1, 0.15) is 11.5 Å². The molecule has 5 rings (SSSR count). The minimum atomic E-state index is -4.42. The highest BCUT2D eigenvalue weighted by molar-refractivity contribution is 5.94. The molecular formula is C28H27F4N5O. The first-order chi connectivity index (χ1) is 17.9. The number of carbonyl (C=O) groups excluding carboxylic acids is 1. The monoisotopic (exact) mass is 525 g/mol. The number of carbonyl (C=O) groups is 1. The van der Waals surface area contributed by atoms with Gasteiger partial charge in [0.05, 0.1) is 17.0 Å². The summed E-state index contributed by atoms with van der Waals surface area (Å²) in [7, 11) is 0. The van der Waals surface area contributed by atoms with Gasteiger partial charge in [-0.1, -0.05) is 26.8 Å². The number of hydrogen-bond acceptors (Lipinski definition) is 4. The van der Waals surface area contributed by atoms with Crippen molar-refractivity contribution in [2.45, 2.75) is 32.4 Å². The van der Waals surface area contributed by atoms with Crippen LogP contribution in [0.2, 0.25) is 0 Å². The second kappa shape index (κ2) is 9.41. The van der Waals surface area contributed by atoms with E-state index in [1.807, 2.05) is 31.7 Å². The predicted molar refractivity (Wildman–Crippen MR) is 137 cm³/mol. The number of halogens is 4. The number of aromatic nitrogens is 3. The zero-order valence-electron chi connectivity index (χ0n) is 21.3. The van der Waals surface area contributed by atoms with Crippen LogP contribution in [0.4, 0.5) is 23.2 Å². The van der Waals surface area contributed by atoms with Crippen LogP contribution >= 0.6 is 0 Å². The molecule has 6 nitrogen and oxygen atoms in total. The van der Waals surface area contributed by atoms with Crippen LogP contribution < -0.4 is 4.90 Å². The number of hydrogen-bond donors (Lipinski definition) is 0. The lowest BCUT2D eigenvalue weighted by molar-refractivity contribution is -0.137. The largest absolute Gasteiger partial charge is 0.416 e. The third kappa shape index (κ3) is 5.07. The normalized spacial score (nSPS) is 14.8. The molecule has 1 aliphatic rings. The van der Waals surface area contributed by atoms with Crippen molar-refractivity contribution in [1.29, 1.82) is 0 Å². The van der Waals surface area contributed by atoms with Crippen LogP contribution in [0.1, 0.15) is 42.5 Å². The maximum atomic E-state index is 13.7. The Bertz CT molecular complexity index is 1480. The Morgan fingerprint density at radius 2 is 1.58 bits per heavy atom. The SMILES string of the molecule is CC(C)(C)c1cc2nc(-c3ccc(F)cc3)cc(C(=O)N3CCN(c4cccc(C(F)(F)F)c4)CC3)n2n1. The first-order valence-corrected chi connectivity index (χ1v) is 12.3. The van der Waals surface area contributed by atoms with Gasteiger partial charge in [-0.15, -0.1) is 0 Å². The quantitative estimate of drug-likeness (QED) is 0.317. The molecule has 0 N–H and O–H groups in total. The van der Waals surface area contributed by atoms with E-state index < -0.39 is 11.7 Å². The first-order valence-electron chi connectivity index (χ1n) is 12.3. The first kappa shape index (κ1) is 25.7. The van der Waals surface area contributed by atoms with Gasteiger partial charge in [0.25, 0.3) is 5.91 Å². The summed E-state index contributed by atoms with van der Waals surface area (Å²) < 4.78 is 54.6. The predicted octanol–water partition coefficient (Wildman–Crippen LogP) is 5.81. The maximum absolute atomic E-state index is 13.7. The number of anilines is 1. The van der Waals surface area contributed by atoms with Gasteiger partial charge in [0, 0.05) is 48.9 Å². The third-order valence-electron chi connectivity index (χ3n) is 6.66. The standard InChI is InChI=1S/C28H27F4N5O/c1-27(2,3)24-17-25-33-22(18-7-9-20(29)10-8-18)16-23(37(25)34-24)26(38)36-13-11-35(12-14-36)21-6-4-5-19(15-21)28(30,31)32/h4-10,15-17H,11-14H2,1-3H3. The van der Waals surface area contributed by atoms with Crippen LogP contribution in [-0.2, 0) is 11.6 Å². The van der Waals surface area contributed by atoms with E-state index in [1.165, 1.54) is 22.7 Å². The van der Waals surface area contributed by atoms with Crippen LogP contribution in [0.3, 0.4) is 0 Å². The minimum Gasteiger partial charge on any atom is -0.368 e. The minimum absolute atomic E-state index is 0.256. The van der Waals surface area contributed by atoms with E-state index in [-0.39, 0.29) is 17.1 Å². The Labute approximate surface area is 217 Å². The Balaban J connectivity index is 1.45. The topological polar surface area (TPSA) is 53.7 Å². The van der Waals surface area contributed by atoms with Crippen LogP contribution in [0.5, 0.6) is 0 Å². The molecular weight excluding hydrogens is 498 g/mol. The maximum Gasteiger partial charge on any atom is 0.416 e. The lowest BCUT2D eigenvalue weighted by Gasteiger charge is -2.36. The molecule has 10 heteroatoms. The van der Waals surface area contributed by atoms with Gasteiger partial charge < -0.3 is 9.80 Å². The molecule has 1 aliphatic heterocycles. The van der Waals surface area contributed by atoms with Gasteiger partial charge in [-0.3, -0.25) is 4.79 Å². The Morgan fingerprint density at radius 3 is 2.21 bits per heavy atom. The van der Waals surface area contributed by atoms with E-state index in [4.69, 9.17) is 0 Å². The summed E-state index contributed by atoms with van der Waals surface area (Å²) in [6, 6.07) is 14.6. The highest BCUT2D eigenvalue weighted by atomic mass is 19.4. The highest BCUT2D eigenvalue weighted by Crippen LogP contribution is 2.32. The number of rotatable bonds is 3. The highest BCUT2D eigenvalue weighted by Gasteiger charge is 2.32. The van der Waals surface area contributed by atoms with Crippen LogP contribution in [0, 0.1) is 5.82 Å². The molecule has 0 saturated carbocycles. The number of alkyl halides is 3. The molecule has 2 aromatic carbocycles. The van der Waals surface area contributed by atoms with E-state index in [9.17, 15) is 22.4 Å². The summed E-state index contributed by atoms with van der Waals surface area (Å²) in [6.07, 6.45) is -4.42. The van der Waals surface area contributed by atoms with E-state index in [0.29, 0.717) is 54.5 Å². The van der Waals surface area contributed by atoms with Crippen molar-refractivity contribution < 1.29 is 22.4 Å². The Hall–Kier alpha value is -3.95. The molecule has 38 heavy (non-hydrogen) atoms. The van der Waals surface area contributed by atoms with Crippen LogP contribution in [-0.4, -0.2) is 51.6 Å². The molecule has 2 aromatic heterocycles. The third-order valence-corrected chi connectivity index (χ3v) is 6.66. The fourth-order valence-electron chi connectivity index (χ4n) is 4.47. The molecule has 0 unspecified atom stereocenters. The molecule has 0 aliphatic carbocycles. The lowest BCUT2D eigenvalue weighted by atomic mass is 9.93. The van der Waals surface area contributed by atoms with Crippen LogP contribution in [0.25, 0.3) is 16.9 Å². The second-order valence-corrected chi connectivity index (χ2v) is 10.4. The number of benzene rings is 2. The molecule has 1 amide bonds. The zero-order chi connectivity index (χ0) is 27.2. The van der Waals surface area contributed by atoms with Gasteiger partial charge in [0.15, 0.2) is 5.65 Å². The van der Waals surface area contributed by atoms with Gasteiger partial charge in [-0.05, 0) is 48.5 Å². The number of nitrogens with zero attached hydrogens (tertiary/aromatic N) is 5. The molecule has 1 saturated heterocycles. The summed E-state index contributed by atoms with van der Waals surface area (Å²) in [6.45, 7) is 7.49. The summed E-state index contributed by atoms with van der Waals surface area (Å²) in [5, 5.41) is 4.67. The molecule has 3 heterocycles. The second-order valence-electron chi connectivity index (χ2n) is 10.4. The molecule has 0 spiro atoms. The number of piperazine rings is 1. The molecule has 4 aromatic rings.